The van der Waals surface area contributed by atoms with Gasteiger partial charge in [0.05, 0.1) is 28.3 Å². The summed E-state index contributed by atoms with van der Waals surface area (Å²) in [5.41, 5.74) is 1.53. The molecule has 0 fully saturated rings. The van der Waals surface area contributed by atoms with Crippen LogP contribution in [-0.2, 0) is 11.2 Å². The van der Waals surface area contributed by atoms with E-state index < -0.39 is 4.92 Å². The second kappa shape index (κ2) is 5.57. The smallest absolute Gasteiger partial charge is 0.274 e. The molecule has 0 spiro atoms. The van der Waals surface area contributed by atoms with Crippen molar-refractivity contribution < 1.29 is 9.72 Å². The number of nitro groups is 1. The number of amides is 1. The molecule has 22 heavy (non-hydrogen) atoms. The highest BCUT2D eigenvalue weighted by Gasteiger charge is 2.15. The van der Waals surface area contributed by atoms with Crippen molar-refractivity contribution in [3.63, 3.8) is 0 Å². The van der Waals surface area contributed by atoms with Gasteiger partial charge in [-0.3, -0.25) is 19.3 Å². The summed E-state index contributed by atoms with van der Waals surface area (Å²) in [7, 11) is 0. The Morgan fingerprint density at radius 1 is 1.50 bits per heavy atom. The lowest BCUT2D eigenvalue weighted by molar-refractivity contribution is -0.385. The molecule has 1 N–H and O–H groups in total. The van der Waals surface area contributed by atoms with E-state index in [1.165, 1.54) is 17.4 Å². The van der Waals surface area contributed by atoms with E-state index in [9.17, 15) is 14.9 Å². The van der Waals surface area contributed by atoms with Gasteiger partial charge in [0.15, 0.2) is 4.96 Å². The van der Waals surface area contributed by atoms with E-state index in [0.29, 0.717) is 16.9 Å². The Bertz CT molecular complexity index is 839. The van der Waals surface area contributed by atoms with Gasteiger partial charge in [0.25, 0.3) is 5.69 Å². The fourth-order valence-electron chi connectivity index (χ4n) is 2.18. The summed E-state index contributed by atoms with van der Waals surface area (Å²) in [6.45, 7) is 1.61. The predicted molar refractivity (Wildman–Crippen MR) is 83.2 cm³/mol. The average Bonchev–Trinajstić information content (AvgIpc) is 3.01. The Balaban J connectivity index is 1.75. The number of imidazole rings is 1. The lowest BCUT2D eigenvalue weighted by Crippen LogP contribution is -2.15. The molecule has 1 aromatic carbocycles. The standard InChI is InChI=1S/C14H12N4O3S/c1-9-11(3-2-4-12(9)18(20)21)16-13(19)7-10-8-17-5-6-22-14(17)15-10/h2-6,8H,7H2,1H3,(H,16,19). The van der Waals surface area contributed by atoms with Gasteiger partial charge in [0, 0.05) is 23.8 Å². The summed E-state index contributed by atoms with van der Waals surface area (Å²) in [6.07, 6.45) is 3.79. The molecule has 0 aliphatic carbocycles. The number of fused-ring (bicyclic) bond motifs is 1. The van der Waals surface area contributed by atoms with Crippen LogP contribution in [0.15, 0.2) is 36.0 Å². The molecule has 8 heteroatoms. The number of rotatable bonds is 4. The molecule has 3 rings (SSSR count). The van der Waals surface area contributed by atoms with E-state index in [1.807, 2.05) is 16.0 Å². The van der Waals surface area contributed by atoms with Gasteiger partial charge in [-0.2, -0.15) is 0 Å². The van der Waals surface area contributed by atoms with Crippen LogP contribution < -0.4 is 5.32 Å². The fourth-order valence-corrected chi connectivity index (χ4v) is 2.90. The maximum atomic E-state index is 12.1. The number of benzene rings is 1. The lowest BCUT2D eigenvalue weighted by Gasteiger charge is -2.07. The zero-order chi connectivity index (χ0) is 15.7. The minimum absolute atomic E-state index is 0.0136. The molecule has 112 valence electrons. The van der Waals surface area contributed by atoms with Crippen LogP contribution in [0.4, 0.5) is 11.4 Å². The van der Waals surface area contributed by atoms with Crippen molar-refractivity contribution in [1.29, 1.82) is 0 Å². The Kier molecular flexibility index (Phi) is 3.60. The summed E-state index contributed by atoms with van der Waals surface area (Å²) in [5, 5.41) is 15.5. The predicted octanol–water partition coefficient (Wildman–Crippen LogP) is 2.79. The van der Waals surface area contributed by atoms with E-state index in [4.69, 9.17) is 0 Å². The van der Waals surface area contributed by atoms with Gasteiger partial charge in [0.2, 0.25) is 5.91 Å². The minimum Gasteiger partial charge on any atom is -0.325 e. The number of hydrogen-bond acceptors (Lipinski definition) is 5. The highest BCUT2D eigenvalue weighted by atomic mass is 32.1. The zero-order valence-electron chi connectivity index (χ0n) is 11.6. The van der Waals surface area contributed by atoms with E-state index in [0.717, 1.165) is 4.96 Å². The normalized spacial score (nSPS) is 10.8. The molecule has 0 saturated heterocycles. The maximum Gasteiger partial charge on any atom is 0.274 e. The number of thiazole rings is 1. The van der Waals surface area contributed by atoms with Crippen LogP contribution in [-0.4, -0.2) is 20.2 Å². The van der Waals surface area contributed by atoms with Gasteiger partial charge in [0.1, 0.15) is 0 Å². The summed E-state index contributed by atoms with van der Waals surface area (Å²) < 4.78 is 1.85. The Morgan fingerprint density at radius 3 is 3.05 bits per heavy atom. The van der Waals surface area contributed by atoms with Gasteiger partial charge in [-0.05, 0) is 13.0 Å². The van der Waals surface area contributed by atoms with Gasteiger partial charge in [-0.1, -0.05) is 6.07 Å². The number of carbonyl (C=O) groups excluding carboxylic acids is 1. The maximum absolute atomic E-state index is 12.1. The molecule has 0 bridgehead atoms. The summed E-state index contributed by atoms with van der Waals surface area (Å²) in [6, 6.07) is 4.60. The molecule has 7 nitrogen and oxygen atoms in total. The van der Waals surface area contributed by atoms with Gasteiger partial charge in [-0.15, -0.1) is 11.3 Å². The van der Waals surface area contributed by atoms with Gasteiger partial charge in [-0.25, -0.2) is 4.98 Å². The van der Waals surface area contributed by atoms with Crippen molar-refractivity contribution in [3.05, 3.63) is 57.3 Å². The first kappa shape index (κ1) is 14.2. The summed E-state index contributed by atoms with van der Waals surface area (Å²) in [4.78, 5) is 27.7. The Hall–Kier alpha value is -2.74. The third-order valence-electron chi connectivity index (χ3n) is 3.26. The molecule has 2 aromatic heterocycles. The van der Waals surface area contributed by atoms with Crippen molar-refractivity contribution in [2.24, 2.45) is 0 Å². The SMILES string of the molecule is Cc1c(NC(=O)Cc2cn3ccsc3n2)cccc1[N+](=O)[O-]. The van der Waals surface area contributed by atoms with Crippen molar-refractivity contribution in [2.75, 3.05) is 5.32 Å². The van der Waals surface area contributed by atoms with Crippen molar-refractivity contribution in [3.8, 4) is 0 Å². The highest BCUT2D eigenvalue weighted by molar-refractivity contribution is 7.15. The third-order valence-corrected chi connectivity index (χ3v) is 4.03. The first-order valence-corrected chi connectivity index (χ1v) is 7.37. The molecule has 2 heterocycles. The topological polar surface area (TPSA) is 89.5 Å². The van der Waals surface area contributed by atoms with Gasteiger partial charge < -0.3 is 5.32 Å². The molecule has 0 atom stereocenters. The second-order valence-electron chi connectivity index (χ2n) is 4.76. The van der Waals surface area contributed by atoms with E-state index in [2.05, 4.69) is 10.3 Å². The van der Waals surface area contributed by atoms with Crippen molar-refractivity contribution in [1.82, 2.24) is 9.38 Å². The summed E-state index contributed by atoms with van der Waals surface area (Å²) in [5.74, 6) is -0.255. The Morgan fingerprint density at radius 2 is 2.32 bits per heavy atom. The molecule has 0 unspecified atom stereocenters. The number of nitro benzene ring substituents is 1. The molecule has 3 aromatic rings. The van der Waals surface area contributed by atoms with Crippen molar-refractivity contribution >= 4 is 33.6 Å². The molecule has 0 radical (unpaired) electrons. The first-order valence-electron chi connectivity index (χ1n) is 6.49. The molecule has 1 amide bonds. The van der Waals surface area contributed by atoms with Crippen LogP contribution in [0.25, 0.3) is 4.96 Å². The number of hydrogen-bond donors (Lipinski definition) is 1. The molecule has 0 saturated carbocycles. The average molecular weight is 316 g/mol. The lowest BCUT2D eigenvalue weighted by atomic mass is 10.1. The summed E-state index contributed by atoms with van der Waals surface area (Å²) >= 11 is 1.49. The molecule has 0 aliphatic heterocycles. The molecular weight excluding hydrogens is 304 g/mol. The monoisotopic (exact) mass is 316 g/mol. The molecule has 0 aliphatic rings. The number of aromatic nitrogens is 2. The third kappa shape index (κ3) is 2.68. The number of anilines is 1. The van der Waals surface area contributed by atoms with E-state index in [1.54, 1.807) is 25.3 Å². The highest BCUT2D eigenvalue weighted by Crippen LogP contribution is 2.25. The first-order chi connectivity index (χ1) is 10.5. The van der Waals surface area contributed by atoms with Crippen LogP contribution in [0.2, 0.25) is 0 Å². The minimum atomic E-state index is -0.464. The van der Waals surface area contributed by atoms with Crippen LogP contribution in [0, 0.1) is 17.0 Å². The van der Waals surface area contributed by atoms with Crippen LogP contribution >= 0.6 is 11.3 Å². The largest absolute Gasteiger partial charge is 0.325 e. The number of carbonyl (C=O) groups is 1. The molecular formula is C14H12N4O3S. The van der Waals surface area contributed by atoms with E-state index >= 15 is 0 Å². The van der Waals surface area contributed by atoms with Crippen LogP contribution in [0.5, 0.6) is 0 Å². The number of nitrogens with one attached hydrogen (secondary N) is 1. The van der Waals surface area contributed by atoms with Crippen molar-refractivity contribution in [2.45, 2.75) is 13.3 Å². The van der Waals surface area contributed by atoms with Crippen LogP contribution in [0.1, 0.15) is 11.3 Å². The number of nitrogens with zero attached hydrogens (tertiary/aromatic N) is 3. The zero-order valence-corrected chi connectivity index (χ0v) is 12.5. The fraction of sp³-hybridized carbons (Fsp3) is 0.143. The quantitative estimate of drug-likeness (QED) is 0.592. The Labute approximate surface area is 129 Å². The van der Waals surface area contributed by atoms with E-state index in [-0.39, 0.29) is 18.0 Å². The van der Waals surface area contributed by atoms with Gasteiger partial charge >= 0.3 is 0 Å². The van der Waals surface area contributed by atoms with Crippen LogP contribution in [0.3, 0.4) is 0 Å². The second-order valence-corrected chi connectivity index (χ2v) is 5.63.